The van der Waals surface area contributed by atoms with E-state index in [4.69, 9.17) is 4.74 Å². The third-order valence-corrected chi connectivity index (χ3v) is 4.45. The van der Waals surface area contributed by atoms with Crippen molar-refractivity contribution in [1.82, 2.24) is 10.6 Å². The molecule has 0 spiro atoms. The van der Waals surface area contributed by atoms with Crippen LogP contribution in [0.5, 0.6) is 5.75 Å². The molecule has 0 radical (unpaired) electrons. The summed E-state index contributed by atoms with van der Waals surface area (Å²) in [7, 11) is 0. The Morgan fingerprint density at radius 3 is 2.71 bits per heavy atom. The monoisotopic (exact) mass is 390 g/mol. The van der Waals surface area contributed by atoms with Crippen molar-refractivity contribution in [1.29, 1.82) is 0 Å². The minimum Gasteiger partial charge on any atom is -0.494 e. The molecule has 2 aromatic rings. The molecule has 2 aromatic carbocycles. The van der Waals surface area contributed by atoms with Gasteiger partial charge in [-0.05, 0) is 38.5 Å². The lowest BCUT2D eigenvalue weighted by atomic mass is 10.0. The first-order valence-electron chi connectivity index (χ1n) is 8.02. The van der Waals surface area contributed by atoms with Crippen molar-refractivity contribution in [3.05, 3.63) is 63.6 Å². The second kappa shape index (κ2) is 8.73. The highest BCUT2D eigenvalue weighted by Crippen LogP contribution is 2.26. The Labute approximate surface area is 151 Å². The summed E-state index contributed by atoms with van der Waals surface area (Å²) in [6.45, 7) is 6.99. The molecule has 1 atom stereocenters. The highest BCUT2D eigenvalue weighted by molar-refractivity contribution is 9.10. The average molecular weight is 391 g/mol. The number of urea groups is 1. The van der Waals surface area contributed by atoms with Gasteiger partial charge in [-0.3, -0.25) is 0 Å². The van der Waals surface area contributed by atoms with Crippen LogP contribution in [0.25, 0.3) is 0 Å². The van der Waals surface area contributed by atoms with Crippen molar-refractivity contribution >= 4 is 22.0 Å². The predicted molar refractivity (Wildman–Crippen MR) is 100 cm³/mol. The summed E-state index contributed by atoms with van der Waals surface area (Å²) in [6.07, 6.45) is 0. The quantitative estimate of drug-likeness (QED) is 0.749. The van der Waals surface area contributed by atoms with Gasteiger partial charge in [0.15, 0.2) is 0 Å². The van der Waals surface area contributed by atoms with Crippen LogP contribution in [0.1, 0.15) is 36.6 Å². The number of rotatable bonds is 6. The molecule has 0 bridgehead atoms. The Bertz CT molecular complexity index is 704. The molecule has 0 heterocycles. The SMILES string of the molecule is CCOc1ccc(C)cc1C(C)NC(=O)NCc1ccccc1Br. The molecular formula is C19H23BrN2O2. The number of carbonyl (C=O) groups is 1. The fourth-order valence-electron chi connectivity index (χ4n) is 2.44. The first-order chi connectivity index (χ1) is 11.5. The van der Waals surface area contributed by atoms with Crippen LogP contribution in [0.15, 0.2) is 46.9 Å². The van der Waals surface area contributed by atoms with Gasteiger partial charge in [-0.1, -0.05) is 51.8 Å². The number of hydrogen-bond donors (Lipinski definition) is 2. The van der Waals surface area contributed by atoms with Gasteiger partial charge in [0.2, 0.25) is 0 Å². The number of ether oxygens (including phenoxy) is 1. The lowest BCUT2D eigenvalue weighted by molar-refractivity contribution is 0.237. The molecule has 0 fully saturated rings. The Kier molecular flexibility index (Phi) is 6.67. The van der Waals surface area contributed by atoms with Crippen molar-refractivity contribution in [2.24, 2.45) is 0 Å². The van der Waals surface area contributed by atoms with Gasteiger partial charge < -0.3 is 15.4 Å². The number of benzene rings is 2. The second-order valence-electron chi connectivity index (χ2n) is 5.61. The molecular weight excluding hydrogens is 368 g/mol. The molecule has 2 amide bonds. The molecule has 0 aliphatic rings. The minimum absolute atomic E-state index is 0.148. The summed E-state index contributed by atoms with van der Waals surface area (Å²) in [4.78, 5) is 12.2. The van der Waals surface area contributed by atoms with Gasteiger partial charge in [0.05, 0.1) is 12.6 Å². The zero-order valence-corrected chi connectivity index (χ0v) is 15.8. The second-order valence-corrected chi connectivity index (χ2v) is 6.47. The van der Waals surface area contributed by atoms with Gasteiger partial charge in [0.25, 0.3) is 0 Å². The van der Waals surface area contributed by atoms with Crippen LogP contribution in [0.3, 0.4) is 0 Å². The van der Waals surface area contributed by atoms with Crippen molar-refractivity contribution < 1.29 is 9.53 Å². The fraction of sp³-hybridized carbons (Fsp3) is 0.316. The third kappa shape index (κ3) is 4.99. The van der Waals surface area contributed by atoms with Gasteiger partial charge in [-0.25, -0.2) is 4.79 Å². The molecule has 24 heavy (non-hydrogen) atoms. The molecule has 5 heteroatoms. The molecule has 2 N–H and O–H groups in total. The van der Waals surface area contributed by atoms with Crippen molar-refractivity contribution in [2.45, 2.75) is 33.4 Å². The number of aryl methyl sites for hydroxylation is 1. The molecule has 0 saturated carbocycles. The van der Waals surface area contributed by atoms with Crippen LogP contribution in [-0.2, 0) is 6.54 Å². The summed E-state index contributed by atoms with van der Waals surface area (Å²) < 4.78 is 6.64. The Morgan fingerprint density at radius 1 is 1.25 bits per heavy atom. The largest absolute Gasteiger partial charge is 0.494 e. The van der Waals surface area contributed by atoms with E-state index in [-0.39, 0.29) is 12.1 Å². The molecule has 0 saturated heterocycles. The maximum Gasteiger partial charge on any atom is 0.315 e. The third-order valence-electron chi connectivity index (χ3n) is 3.68. The zero-order chi connectivity index (χ0) is 17.5. The van der Waals surface area contributed by atoms with Gasteiger partial charge in [-0.15, -0.1) is 0 Å². The zero-order valence-electron chi connectivity index (χ0n) is 14.2. The van der Waals surface area contributed by atoms with E-state index in [1.165, 1.54) is 0 Å². The highest BCUT2D eigenvalue weighted by atomic mass is 79.9. The molecule has 4 nitrogen and oxygen atoms in total. The van der Waals surface area contributed by atoms with Crippen LogP contribution < -0.4 is 15.4 Å². The molecule has 1 unspecified atom stereocenters. The number of hydrogen-bond acceptors (Lipinski definition) is 2. The Morgan fingerprint density at radius 2 is 2.00 bits per heavy atom. The maximum atomic E-state index is 12.2. The topological polar surface area (TPSA) is 50.4 Å². The van der Waals surface area contributed by atoms with Crippen molar-refractivity contribution in [3.8, 4) is 5.75 Å². The van der Waals surface area contributed by atoms with E-state index in [1.807, 2.05) is 63.2 Å². The van der Waals surface area contributed by atoms with Gasteiger partial charge in [0.1, 0.15) is 5.75 Å². The van der Waals surface area contributed by atoms with Crippen LogP contribution in [0.4, 0.5) is 4.79 Å². The van der Waals surface area contributed by atoms with Crippen LogP contribution in [0, 0.1) is 6.92 Å². The summed E-state index contributed by atoms with van der Waals surface area (Å²) in [6, 6.07) is 13.5. The van der Waals surface area contributed by atoms with Crippen molar-refractivity contribution in [2.75, 3.05) is 6.61 Å². The number of nitrogens with one attached hydrogen (secondary N) is 2. The minimum atomic E-state index is -0.206. The number of halogens is 1. The molecule has 0 aliphatic carbocycles. The first kappa shape index (κ1) is 18.3. The van der Waals surface area contributed by atoms with Crippen LogP contribution in [-0.4, -0.2) is 12.6 Å². The summed E-state index contributed by atoms with van der Waals surface area (Å²) in [5.41, 5.74) is 3.15. The van der Waals surface area contributed by atoms with Gasteiger partial charge in [-0.2, -0.15) is 0 Å². The Hall–Kier alpha value is -2.01. The van der Waals surface area contributed by atoms with Crippen molar-refractivity contribution in [3.63, 3.8) is 0 Å². The lowest BCUT2D eigenvalue weighted by Crippen LogP contribution is -2.36. The smallest absolute Gasteiger partial charge is 0.315 e. The maximum absolute atomic E-state index is 12.2. The molecule has 0 aromatic heterocycles. The Balaban J connectivity index is 1.99. The number of amides is 2. The summed E-state index contributed by atoms with van der Waals surface area (Å²) in [5.74, 6) is 0.807. The fourth-order valence-corrected chi connectivity index (χ4v) is 2.86. The predicted octanol–water partition coefficient (Wildman–Crippen LogP) is 4.72. The number of carbonyl (C=O) groups excluding carboxylic acids is 1. The first-order valence-corrected chi connectivity index (χ1v) is 8.81. The van der Waals surface area contributed by atoms with E-state index in [0.717, 1.165) is 26.9 Å². The van der Waals surface area contributed by atoms with E-state index >= 15 is 0 Å². The lowest BCUT2D eigenvalue weighted by Gasteiger charge is -2.19. The van der Waals surface area contributed by atoms with E-state index < -0.39 is 0 Å². The van der Waals surface area contributed by atoms with Gasteiger partial charge >= 0.3 is 6.03 Å². The van der Waals surface area contributed by atoms with E-state index in [0.29, 0.717) is 13.2 Å². The average Bonchev–Trinajstić information content (AvgIpc) is 2.56. The molecule has 2 rings (SSSR count). The normalized spacial score (nSPS) is 11.7. The molecule has 0 aliphatic heterocycles. The van der Waals surface area contributed by atoms with E-state index in [2.05, 4.69) is 26.6 Å². The van der Waals surface area contributed by atoms with E-state index in [9.17, 15) is 4.79 Å². The van der Waals surface area contributed by atoms with E-state index in [1.54, 1.807) is 0 Å². The standard InChI is InChI=1S/C19H23BrN2O2/c1-4-24-18-10-9-13(2)11-16(18)14(3)22-19(23)21-12-15-7-5-6-8-17(15)20/h5-11,14H,4,12H2,1-3H3,(H2,21,22,23). The molecule has 128 valence electrons. The van der Waals surface area contributed by atoms with Crippen LogP contribution >= 0.6 is 15.9 Å². The highest BCUT2D eigenvalue weighted by Gasteiger charge is 2.14. The summed E-state index contributed by atoms with van der Waals surface area (Å²) in [5, 5.41) is 5.85. The summed E-state index contributed by atoms with van der Waals surface area (Å²) >= 11 is 3.48. The van der Waals surface area contributed by atoms with Gasteiger partial charge in [0, 0.05) is 16.6 Å². The van der Waals surface area contributed by atoms with Crippen LogP contribution in [0.2, 0.25) is 0 Å².